The first kappa shape index (κ1) is 14.4. The van der Waals surface area contributed by atoms with Crippen molar-refractivity contribution in [3.63, 3.8) is 0 Å². The van der Waals surface area contributed by atoms with E-state index in [0.29, 0.717) is 23.0 Å². The van der Waals surface area contributed by atoms with Crippen LogP contribution >= 0.6 is 23.2 Å². The largest absolute Gasteiger partial charge is 0.308 e. The quantitative estimate of drug-likeness (QED) is 0.737. The highest BCUT2D eigenvalue weighted by atomic mass is 35.5. The molecule has 1 unspecified atom stereocenters. The normalized spacial score (nSPS) is 17.5. The van der Waals surface area contributed by atoms with Crippen molar-refractivity contribution < 1.29 is 4.79 Å². The van der Waals surface area contributed by atoms with Gasteiger partial charge in [-0.3, -0.25) is 4.79 Å². The number of fused-ring (bicyclic) bond motifs is 1. The highest BCUT2D eigenvalue weighted by Gasteiger charge is 2.27. The topological polar surface area (TPSA) is 33.2 Å². The van der Waals surface area contributed by atoms with Crippen molar-refractivity contribution in [2.45, 2.75) is 13.3 Å². The van der Waals surface area contributed by atoms with Crippen LogP contribution in [-0.4, -0.2) is 17.4 Å². The predicted molar refractivity (Wildman–Crippen MR) is 85.2 cm³/mol. The van der Waals surface area contributed by atoms with Crippen molar-refractivity contribution in [3.8, 4) is 0 Å². The number of pyridine rings is 1. The summed E-state index contributed by atoms with van der Waals surface area (Å²) in [6.45, 7) is 2.83. The van der Waals surface area contributed by atoms with Crippen LogP contribution in [0.25, 0.3) is 0 Å². The molecule has 2 aromatic rings. The lowest BCUT2D eigenvalue weighted by atomic mass is 9.93. The molecule has 0 N–H and O–H groups in total. The van der Waals surface area contributed by atoms with Crippen molar-refractivity contribution in [1.82, 2.24) is 4.98 Å². The first-order chi connectivity index (χ1) is 10.1. The van der Waals surface area contributed by atoms with Gasteiger partial charge in [0.25, 0.3) is 5.91 Å². The van der Waals surface area contributed by atoms with E-state index in [4.69, 9.17) is 23.2 Å². The molecule has 1 aliphatic heterocycles. The van der Waals surface area contributed by atoms with Crippen LogP contribution in [0.15, 0.2) is 36.5 Å². The Bertz CT molecular complexity index is 702. The van der Waals surface area contributed by atoms with Gasteiger partial charge in [-0.25, -0.2) is 4.98 Å². The molecule has 0 spiro atoms. The lowest BCUT2D eigenvalue weighted by Gasteiger charge is -2.33. The van der Waals surface area contributed by atoms with Gasteiger partial charge in [-0.2, -0.15) is 0 Å². The number of nitrogens with zero attached hydrogens (tertiary/aromatic N) is 2. The van der Waals surface area contributed by atoms with Gasteiger partial charge in [-0.15, -0.1) is 0 Å². The van der Waals surface area contributed by atoms with E-state index >= 15 is 0 Å². The van der Waals surface area contributed by atoms with Gasteiger partial charge in [0, 0.05) is 18.4 Å². The van der Waals surface area contributed by atoms with Crippen molar-refractivity contribution >= 4 is 34.8 Å². The fourth-order valence-corrected chi connectivity index (χ4v) is 2.95. The Labute approximate surface area is 133 Å². The molecule has 1 amide bonds. The summed E-state index contributed by atoms with van der Waals surface area (Å²) in [5, 5.41) is 0.501. The number of carbonyl (C=O) groups excluding carboxylic acids is 1. The molecule has 0 saturated carbocycles. The van der Waals surface area contributed by atoms with E-state index < -0.39 is 0 Å². The summed E-state index contributed by atoms with van der Waals surface area (Å²) in [5.74, 6) is 0.319. The lowest BCUT2D eigenvalue weighted by Crippen LogP contribution is -2.39. The predicted octanol–water partition coefficient (Wildman–Crippen LogP) is 4.23. The molecular formula is C16H14Cl2N2O. The maximum Gasteiger partial charge on any atom is 0.259 e. The Hall–Kier alpha value is -1.58. The molecule has 1 aliphatic rings. The number of amides is 1. The minimum atomic E-state index is -0.0972. The van der Waals surface area contributed by atoms with Crippen LogP contribution in [0.1, 0.15) is 22.8 Å². The Balaban J connectivity index is 1.99. The summed E-state index contributed by atoms with van der Waals surface area (Å²) >= 11 is 11.8. The van der Waals surface area contributed by atoms with Crippen LogP contribution in [-0.2, 0) is 6.42 Å². The standard InChI is InChI=1S/C16H14Cl2N2O/c1-10-6-11-4-2-3-5-14(11)20(9-10)16(21)12-7-13(17)15(18)19-8-12/h2-5,7-8,10H,6,9H2,1H3. The van der Waals surface area contributed by atoms with Crippen LogP contribution in [0.2, 0.25) is 10.2 Å². The van der Waals surface area contributed by atoms with E-state index in [-0.39, 0.29) is 11.1 Å². The summed E-state index contributed by atoms with van der Waals surface area (Å²) in [4.78, 5) is 18.5. The van der Waals surface area contributed by atoms with Gasteiger partial charge < -0.3 is 4.90 Å². The number of para-hydroxylation sites is 1. The molecule has 0 fully saturated rings. The Morgan fingerprint density at radius 1 is 1.33 bits per heavy atom. The highest BCUT2D eigenvalue weighted by Crippen LogP contribution is 2.31. The molecule has 0 aliphatic carbocycles. The van der Waals surface area contributed by atoms with E-state index in [9.17, 15) is 4.79 Å². The number of hydrogen-bond donors (Lipinski definition) is 0. The van der Waals surface area contributed by atoms with Crippen molar-refractivity contribution in [2.75, 3.05) is 11.4 Å². The van der Waals surface area contributed by atoms with Gasteiger partial charge in [-0.05, 0) is 30.0 Å². The number of hydrogen-bond acceptors (Lipinski definition) is 2. The summed E-state index contributed by atoms with van der Waals surface area (Å²) in [6.07, 6.45) is 2.46. The summed E-state index contributed by atoms with van der Waals surface area (Å²) in [6, 6.07) is 9.56. The number of rotatable bonds is 1. The van der Waals surface area contributed by atoms with E-state index in [1.54, 1.807) is 11.0 Å². The first-order valence-electron chi connectivity index (χ1n) is 6.77. The van der Waals surface area contributed by atoms with Crippen molar-refractivity contribution in [1.29, 1.82) is 0 Å². The van der Waals surface area contributed by atoms with Gasteiger partial charge in [0.1, 0.15) is 5.15 Å². The van der Waals surface area contributed by atoms with E-state index in [0.717, 1.165) is 12.1 Å². The third kappa shape index (κ3) is 2.76. The molecule has 3 nitrogen and oxygen atoms in total. The van der Waals surface area contributed by atoms with Crippen LogP contribution in [0.3, 0.4) is 0 Å². The molecule has 0 bridgehead atoms. The second kappa shape index (κ2) is 5.66. The molecule has 1 aromatic carbocycles. The summed E-state index contributed by atoms with van der Waals surface area (Å²) in [5.41, 5.74) is 2.61. The molecule has 21 heavy (non-hydrogen) atoms. The monoisotopic (exact) mass is 320 g/mol. The van der Waals surface area contributed by atoms with Crippen LogP contribution in [0.4, 0.5) is 5.69 Å². The number of halogens is 2. The third-order valence-electron chi connectivity index (χ3n) is 3.63. The molecule has 5 heteroatoms. The summed E-state index contributed by atoms with van der Waals surface area (Å²) < 4.78 is 0. The van der Waals surface area contributed by atoms with Crippen molar-refractivity contribution in [2.24, 2.45) is 5.92 Å². The second-order valence-electron chi connectivity index (χ2n) is 5.35. The second-order valence-corrected chi connectivity index (χ2v) is 6.12. The van der Waals surface area contributed by atoms with Crippen LogP contribution in [0, 0.1) is 5.92 Å². The fraction of sp³-hybridized carbons (Fsp3) is 0.250. The molecule has 0 saturated heterocycles. The average molecular weight is 321 g/mol. The van der Waals surface area contributed by atoms with Gasteiger partial charge in [0.2, 0.25) is 0 Å². The zero-order chi connectivity index (χ0) is 15.0. The average Bonchev–Trinajstić information content (AvgIpc) is 2.48. The number of aromatic nitrogens is 1. The summed E-state index contributed by atoms with van der Waals surface area (Å²) in [7, 11) is 0. The molecule has 1 aromatic heterocycles. The van der Waals surface area contributed by atoms with E-state index in [1.807, 2.05) is 18.2 Å². The molecule has 1 atom stereocenters. The molecule has 0 radical (unpaired) electrons. The van der Waals surface area contributed by atoms with Gasteiger partial charge in [-0.1, -0.05) is 48.3 Å². The smallest absolute Gasteiger partial charge is 0.259 e. The van der Waals surface area contributed by atoms with Crippen LogP contribution in [0.5, 0.6) is 0 Å². The number of carbonyl (C=O) groups is 1. The Kier molecular flexibility index (Phi) is 3.87. The highest BCUT2D eigenvalue weighted by molar-refractivity contribution is 6.41. The zero-order valence-corrected chi connectivity index (χ0v) is 13.0. The third-order valence-corrected chi connectivity index (χ3v) is 4.32. The minimum Gasteiger partial charge on any atom is -0.308 e. The van der Waals surface area contributed by atoms with Gasteiger partial charge >= 0.3 is 0 Å². The fourth-order valence-electron chi connectivity index (χ4n) is 2.68. The van der Waals surface area contributed by atoms with Gasteiger partial charge in [0.15, 0.2) is 0 Å². The van der Waals surface area contributed by atoms with E-state index in [2.05, 4.69) is 18.0 Å². The molecule has 108 valence electrons. The lowest BCUT2D eigenvalue weighted by molar-refractivity contribution is 0.0980. The van der Waals surface area contributed by atoms with Crippen molar-refractivity contribution in [3.05, 3.63) is 57.8 Å². The van der Waals surface area contributed by atoms with Crippen LogP contribution < -0.4 is 4.90 Å². The van der Waals surface area contributed by atoms with E-state index in [1.165, 1.54) is 11.8 Å². The number of anilines is 1. The minimum absolute atomic E-state index is 0.0972. The maximum absolute atomic E-state index is 12.8. The Morgan fingerprint density at radius 3 is 2.86 bits per heavy atom. The molecular weight excluding hydrogens is 307 g/mol. The number of benzene rings is 1. The maximum atomic E-state index is 12.8. The molecule has 3 rings (SSSR count). The zero-order valence-electron chi connectivity index (χ0n) is 11.5. The molecule has 2 heterocycles. The van der Waals surface area contributed by atoms with Gasteiger partial charge in [0.05, 0.1) is 10.6 Å². The first-order valence-corrected chi connectivity index (χ1v) is 7.52. The Morgan fingerprint density at radius 2 is 2.10 bits per heavy atom. The SMILES string of the molecule is CC1Cc2ccccc2N(C(=O)c2cnc(Cl)c(Cl)c2)C1.